The molecule has 9 heteroatoms. The largest absolute Gasteiger partial charge is 0.459 e. The van der Waals surface area contributed by atoms with Crippen molar-refractivity contribution in [3.05, 3.63) is 39.8 Å². The summed E-state index contributed by atoms with van der Waals surface area (Å²) in [6, 6.07) is 1.40. The van der Waals surface area contributed by atoms with E-state index in [-0.39, 0.29) is 10.6 Å². The number of esters is 1. The van der Waals surface area contributed by atoms with Crippen molar-refractivity contribution in [2.45, 2.75) is 31.3 Å². The smallest absolute Gasteiger partial charge is 0.316 e. The number of benzene rings is 1. The van der Waals surface area contributed by atoms with E-state index in [2.05, 4.69) is 10.0 Å². The summed E-state index contributed by atoms with van der Waals surface area (Å²) in [5.41, 5.74) is 6.93. The Kier molecular flexibility index (Phi) is 5.90. The summed E-state index contributed by atoms with van der Waals surface area (Å²) < 4.78 is 32.2. The molecule has 0 bridgehead atoms. The predicted octanol–water partition coefficient (Wildman–Crippen LogP) is 3.85. The van der Waals surface area contributed by atoms with E-state index in [1.54, 1.807) is 20.8 Å². The molecule has 1 rings (SSSR count). The molecule has 0 aliphatic carbocycles. The van der Waals surface area contributed by atoms with Crippen molar-refractivity contribution in [2.75, 3.05) is 5.75 Å². The van der Waals surface area contributed by atoms with E-state index in [1.165, 1.54) is 0 Å². The van der Waals surface area contributed by atoms with Crippen LogP contribution in [0.5, 0.6) is 0 Å². The molecule has 0 unspecified atom stereocenters. The zero-order valence-electron chi connectivity index (χ0n) is 12.1. The van der Waals surface area contributed by atoms with Gasteiger partial charge in [-0.25, -0.2) is 8.78 Å². The second-order valence-electron chi connectivity index (χ2n) is 5.13. The van der Waals surface area contributed by atoms with Crippen molar-refractivity contribution < 1.29 is 23.1 Å². The minimum atomic E-state index is -1.17. The van der Waals surface area contributed by atoms with Gasteiger partial charge in [-0.05, 0) is 37.5 Å². The molecule has 0 spiro atoms. The lowest BCUT2D eigenvalue weighted by atomic mass is 10.2. The molecular formula is C13H13F2N3O3S. The predicted molar refractivity (Wildman–Crippen MR) is 76.4 cm³/mol. The molecule has 1 aromatic carbocycles. The molecule has 0 aliphatic heterocycles. The number of nitrogens with zero attached hydrogens (tertiary/aromatic N) is 3. The zero-order chi connectivity index (χ0) is 16.9. The van der Waals surface area contributed by atoms with Crippen LogP contribution < -0.4 is 0 Å². The third kappa shape index (κ3) is 5.34. The first kappa shape index (κ1) is 17.9. The lowest BCUT2D eigenvalue weighted by Crippen LogP contribution is -2.24. The van der Waals surface area contributed by atoms with Crippen LogP contribution in [0, 0.1) is 11.6 Å². The molecule has 118 valence electrons. The van der Waals surface area contributed by atoms with E-state index >= 15 is 0 Å². The number of amides is 1. The molecule has 0 aliphatic rings. The normalized spacial score (nSPS) is 10.8. The fourth-order valence-electron chi connectivity index (χ4n) is 1.41. The Hall–Kier alpha value is -2.12. The number of hydrogen-bond donors (Lipinski definition) is 0. The highest BCUT2D eigenvalue weighted by molar-refractivity contribution is 8.00. The van der Waals surface area contributed by atoms with Gasteiger partial charge in [0.15, 0.2) is 0 Å². The summed E-state index contributed by atoms with van der Waals surface area (Å²) in [5, 5.41) is 2.75. The molecule has 6 nitrogen and oxygen atoms in total. The van der Waals surface area contributed by atoms with E-state index in [4.69, 9.17) is 10.3 Å². The van der Waals surface area contributed by atoms with Crippen molar-refractivity contribution in [3.63, 3.8) is 0 Å². The highest BCUT2D eigenvalue weighted by Crippen LogP contribution is 2.26. The van der Waals surface area contributed by atoms with Crippen LogP contribution in [0.15, 0.2) is 22.1 Å². The van der Waals surface area contributed by atoms with Crippen LogP contribution in [0.25, 0.3) is 10.4 Å². The highest BCUT2D eigenvalue weighted by Gasteiger charge is 2.19. The van der Waals surface area contributed by atoms with Gasteiger partial charge in [0.25, 0.3) is 5.91 Å². The first-order chi connectivity index (χ1) is 10.1. The highest BCUT2D eigenvalue weighted by atomic mass is 32.2. The van der Waals surface area contributed by atoms with Crippen molar-refractivity contribution >= 4 is 23.6 Å². The van der Waals surface area contributed by atoms with Gasteiger partial charge in [0.05, 0.1) is 11.3 Å². The van der Waals surface area contributed by atoms with Gasteiger partial charge < -0.3 is 4.74 Å². The molecule has 1 aromatic rings. The Morgan fingerprint density at radius 3 is 2.50 bits per heavy atom. The molecule has 0 heterocycles. The Morgan fingerprint density at radius 1 is 1.32 bits per heavy atom. The Balaban J connectivity index is 2.91. The van der Waals surface area contributed by atoms with Crippen LogP contribution in [0.2, 0.25) is 0 Å². The Morgan fingerprint density at radius 2 is 1.95 bits per heavy atom. The molecule has 0 fully saturated rings. The molecule has 0 saturated heterocycles. The molecule has 0 saturated carbocycles. The lowest BCUT2D eigenvalue weighted by molar-refractivity contribution is -0.151. The average Bonchev–Trinajstić information content (AvgIpc) is 2.35. The van der Waals surface area contributed by atoms with Crippen LogP contribution in [0.1, 0.15) is 31.1 Å². The second kappa shape index (κ2) is 7.24. The minimum absolute atomic E-state index is 0.122. The number of azide groups is 1. The summed E-state index contributed by atoms with van der Waals surface area (Å²) in [6.45, 7) is 5.06. The number of thioether (sulfide) groups is 1. The van der Waals surface area contributed by atoms with Crippen LogP contribution in [0.4, 0.5) is 8.78 Å². The fraction of sp³-hybridized carbons (Fsp3) is 0.385. The van der Waals surface area contributed by atoms with Crippen LogP contribution in [0.3, 0.4) is 0 Å². The van der Waals surface area contributed by atoms with Crippen molar-refractivity contribution in [2.24, 2.45) is 5.11 Å². The van der Waals surface area contributed by atoms with Gasteiger partial charge in [-0.15, -0.1) is 11.8 Å². The van der Waals surface area contributed by atoms with Gasteiger partial charge >= 0.3 is 5.97 Å². The molecule has 1 amide bonds. The topological polar surface area (TPSA) is 92.1 Å². The van der Waals surface area contributed by atoms with Crippen LogP contribution in [-0.4, -0.2) is 23.2 Å². The maximum atomic E-state index is 13.6. The third-order valence-corrected chi connectivity index (χ3v) is 3.16. The molecule has 0 atom stereocenters. The summed E-state index contributed by atoms with van der Waals surface area (Å²) in [6.07, 6.45) is 0. The summed E-state index contributed by atoms with van der Waals surface area (Å²) >= 11 is 0.751. The molecule has 0 radical (unpaired) electrons. The monoisotopic (exact) mass is 329 g/mol. The Bertz CT molecular complexity index is 653. The Labute approximate surface area is 129 Å². The third-order valence-electron chi connectivity index (χ3n) is 2.15. The van der Waals surface area contributed by atoms with Gasteiger partial charge in [-0.3, -0.25) is 9.59 Å². The summed E-state index contributed by atoms with van der Waals surface area (Å²) in [4.78, 5) is 25.1. The van der Waals surface area contributed by atoms with Gasteiger partial charge in [0.1, 0.15) is 17.2 Å². The number of carbonyl (C=O) groups is 2. The van der Waals surface area contributed by atoms with Gasteiger partial charge in [-0.2, -0.15) is 0 Å². The number of carbonyl (C=O) groups excluding carboxylic acids is 2. The fourth-order valence-corrected chi connectivity index (χ4v) is 2.14. The van der Waals surface area contributed by atoms with Gasteiger partial charge in [0, 0.05) is 15.9 Å². The summed E-state index contributed by atoms with van der Waals surface area (Å²) in [7, 11) is 0. The quantitative estimate of drug-likeness (QED) is 0.276. The summed E-state index contributed by atoms with van der Waals surface area (Å²) in [5.74, 6) is -4.03. The SMILES string of the molecule is CC(C)(C)OC(=O)CSc1cc(C(=O)N=[N+]=[N-])c(F)cc1F. The molecule has 0 N–H and O–H groups in total. The van der Waals surface area contributed by atoms with Crippen LogP contribution >= 0.6 is 11.8 Å². The number of ether oxygens (including phenoxy) is 1. The number of hydrogen-bond acceptors (Lipinski definition) is 4. The molecule has 0 aromatic heterocycles. The van der Waals surface area contributed by atoms with E-state index < -0.39 is 34.7 Å². The van der Waals surface area contributed by atoms with E-state index in [9.17, 15) is 18.4 Å². The molecular weight excluding hydrogens is 316 g/mol. The maximum Gasteiger partial charge on any atom is 0.316 e. The van der Waals surface area contributed by atoms with E-state index in [0.717, 1.165) is 17.8 Å². The second-order valence-corrected chi connectivity index (χ2v) is 6.15. The van der Waals surface area contributed by atoms with Gasteiger partial charge in [0.2, 0.25) is 0 Å². The number of halogens is 2. The van der Waals surface area contributed by atoms with Crippen molar-refractivity contribution in [1.29, 1.82) is 0 Å². The van der Waals surface area contributed by atoms with Crippen LogP contribution in [-0.2, 0) is 9.53 Å². The standard InChI is InChI=1S/C13H13F2N3O3S/c1-13(2,3)21-11(19)6-22-10-4-7(12(20)17-18-16)8(14)5-9(10)15/h4-5H,6H2,1-3H3. The van der Waals surface area contributed by atoms with E-state index in [1.807, 2.05) is 0 Å². The van der Waals surface area contributed by atoms with Crippen molar-refractivity contribution in [3.8, 4) is 0 Å². The first-order valence-electron chi connectivity index (χ1n) is 6.07. The maximum absolute atomic E-state index is 13.6. The van der Waals surface area contributed by atoms with Gasteiger partial charge in [-0.1, -0.05) is 0 Å². The van der Waals surface area contributed by atoms with Crippen molar-refractivity contribution in [1.82, 2.24) is 0 Å². The lowest BCUT2D eigenvalue weighted by Gasteiger charge is -2.19. The molecule has 22 heavy (non-hydrogen) atoms. The average molecular weight is 329 g/mol. The zero-order valence-corrected chi connectivity index (χ0v) is 12.9. The first-order valence-corrected chi connectivity index (χ1v) is 7.05. The van der Waals surface area contributed by atoms with E-state index in [0.29, 0.717) is 6.07 Å². The number of rotatable bonds is 4. The minimum Gasteiger partial charge on any atom is -0.459 e.